The van der Waals surface area contributed by atoms with Gasteiger partial charge in [-0.05, 0) is 13.0 Å². The van der Waals surface area contributed by atoms with Crippen LogP contribution in [0.15, 0.2) is 23.8 Å². The maximum Gasteiger partial charge on any atom is 0.334 e. The number of carboxylic acids is 2. The van der Waals surface area contributed by atoms with E-state index >= 15 is 0 Å². The number of aliphatic hydroxyl groups is 1. The van der Waals surface area contributed by atoms with Crippen molar-refractivity contribution < 1.29 is 24.9 Å². The van der Waals surface area contributed by atoms with Crippen LogP contribution in [-0.2, 0) is 9.59 Å². The number of aliphatic carboxylic acids is 2. The fourth-order valence-electron chi connectivity index (χ4n) is 1.23. The van der Waals surface area contributed by atoms with Gasteiger partial charge in [-0.3, -0.25) is 4.79 Å². The van der Waals surface area contributed by atoms with E-state index < -0.39 is 23.5 Å². The van der Waals surface area contributed by atoms with E-state index in [1.54, 1.807) is 0 Å². The predicted octanol–water partition coefficient (Wildman–Crippen LogP) is 0.0190. The molecule has 0 spiro atoms. The highest BCUT2D eigenvalue weighted by Gasteiger charge is 2.43. The molecule has 5 nitrogen and oxygen atoms in total. The van der Waals surface area contributed by atoms with Crippen LogP contribution < -0.4 is 0 Å². The molecule has 1 aliphatic carbocycles. The lowest BCUT2D eigenvalue weighted by molar-refractivity contribution is -0.150. The summed E-state index contributed by atoms with van der Waals surface area (Å²) < 4.78 is 0. The molecule has 76 valence electrons. The van der Waals surface area contributed by atoms with Gasteiger partial charge in [-0.15, -0.1) is 0 Å². The summed E-state index contributed by atoms with van der Waals surface area (Å²) in [4.78, 5) is 21.4. The van der Waals surface area contributed by atoms with Gasteiger partial charge in [-0.2, -0.15) is 0 Å². The second kappa shape index (κ2) is 3.26. The molecule has 0 amide bonds. The molecule has 3 N–H and O–H groups in total. The number of hydrogen-bond acceptors (Lipinski definition) is 3. The van der Waals surface area contributed by atoms with Crippen molar-refractivity contribution in [3.63, 3.8) is 0 Å². The van der Waals surface area contributed by atoms with Gasteiger partial charge in [0.2, 0.25) is 0 Å². The molecule has 0 aromatic carbocycles. The lowest BCUT2D eigenvalue weighted by atomic mass is 9.77. The van der Waals surface area contributed by atoms with Gasteiger partial charge >= 0.3 is 11.9 Å². The monoisotopic (exact) mass is 198 g/mol. The summed E-state index contributed by atoms with van der Waals surface area (Å²) in [6.07, 6.45) is 2.26. The zero-order valence-corrected chi connectivity index (χ0v) is 7.47. The molecular weight excluding hydrogens is 188 g/mol. The van der Waals surface area contributed by atoms with E-state index in [4.69, 9.17) is 10.2 Å². The number of carboxylic acid groups (broad SMARTS) is 2. The first kappa shape index (κ1) is 10.5. The van der Waals surface area contributed by atoms with Crippen molar-refractivity contribution in [1.29, 1.82) is 0 Å². The minimum Gasteiger partial charge on any atom is -0.481 e. The van der Waals surface area contributed by atoms with Gasteiger partial charge in [0.15, 0.2) is 0 Å². The molecule has 5 heteroatoms. The van der Waals surface area contributed by atoms with Crippen LogP contribution in [0.3, 0.4) is 0 Å². The van der Waals surface area contributed by atoms with Crippen molar-refractivity contribution in [3.05, 3.63) is 23.8 Å². The Morgan fingerprint density at radius 3 is 2.43 bits per heavy atom. The number of rotatable bonds is 2. The smallest absolute Gasteiger partial charge is 0.334 e. The average Bonchev–Trinajstić information content (AvgIpc) is 2.09. The Labute approximate surface area is 80.0 Å². The Morgan fingerprint density at radius 2 is 2.00 bits per heavy atom. The SMILES string of the molecule is C[C@@]1(C(=O)O)C=CC=C(C(=O)O)[C@@H]1O. The Kier molecular flexibility index (Phi) is 2.44. The van der Waals surface area contributed by atoms with Crippen molar-refractivity contribution in [2.24, 2.45) is 5.41 Å². The second-order valence-corrected chi connectivity index (χ2v) is 3.28. The van der Waals surface area contributed by atoms with Crippen LogP contribution in [0.5, 0.6) is 0 Å². The molecule has 0 saturated heterocycles. The molecule has 0 aliphatic heterocycles. The quantitative estimate of drug-likeness (QED) is 0.581. The van der Waals surface area contributed by atoms with E-state index in [1.807, 2.05) is 0 Å². The molecule has 0 fully saturated rings. The average molecular weight is 198 g/mol. The fourth-order valence-corrected chi connectivity index (χ4v) is 1.23. The van der Waals surface area contributed by atoms with E-state index in [9.17, 15) is 14.7 Å². The standard InChI is InChI=1S/C9H10O5/c1-9(8(13)14)4-2-3-5(6(9)10)7(11)12/h2-4,6,10H,1H3,(H,11,12)(H,13,14)/t6-,9+/m0/s1. The van der Waals surface area contributed by atoms with E-state index in [0.29, 0.717) is 0 Å². The fraction of sp³-hybridized carbons (Fsp3) is 0.333. The van der Waals surface area contributed by atoms with Gasteiger partial charge < -0.3 is 15.3 Å². The van der Waals surface area contributed by atoms with Gasteiger partial charge in [0.05, 0.1) is 5.57 Å². The van der Waals surface area contributed by atoms with Gasteiger partial charge in [0.25, 0.3) is 0 Å². The number of allylic oxidation sites excluding steroid dienone is 2. The highest BCUT2D eigenvalue weighted by Crippen LogP contribution is 2.32. The Bertz CT molecular complexity index is 341. The van der Waals surface area contributed by atoms with Crippen molar-refractivity contribution in [3.8, 4) is 0 Å². The van der Waals surface area contributed by atoms with Crippen molar-refractivity contribution in [2.75, 3.05) is 0 Å². The summed E-state index contributed by atoms with van der Waals surface area (Å²) in [5.41, 5.74) is -1.87. The molecule has 0 aromatic heterocycles. The van der Waals surface area contributed by atoms with E-state index in [1.165, 1.54) is 25.2 Å². The van der Waals surface area contributed by atoms with E-state index in [0.717, 1.165) is 0 Å². The first-order chi connectivity index (χ1) is 6.39. The molecule has 0 aromatic rings. The summed E-state index contributed by atoms with van der Waals surface area (Å²) in [5, 5.41) is 27.1. The topological polar surface area (TPSA) is 94.8 Å². The molecule has 1 aliphatic rings. The molecule has 0 saturated carbocycles. The molecule has 0 bridgehead atoms. The zero-order valence-electron chi connectivity index (χ0n) is 7.47. The van der Waals surface area contributed by atoms with Crippen LogP contribution >= 0.6 is 0 Å². The van der Waals surface area contributed by atoms with Crippen molar-refractivity contribution >= 4 is 11.9 Å². The van der Waals surface area contributed by atoms with Crippen molar-refractivity contribution in [2.45, 2.75) is 13.0 Å². The van der Waals surface area contributed by atoms with Crippen LogP contribution in [-0.4, -0.2) is 33.4 Å². The normalized spacial score (nSPS) is 31.0. The summed E-state index contributed by atoms with van der Waals surface area (Å²) in [6.45, 7) is 1.27. The number of carbonyl (C=O) groups is 2. The third-order valence-electron chi connectivity index (χ3n) is 2.29. The van der Waals surface area contributed by atoms with Crippen LogP contribution in [0.1, 0.15) is 6.92 Å². The van der Waals surface area contributed by atoms with Crippen LogP contribution in [0.25, 0.3) is 0 Å². The van der Waals surface area contributed by atoms with Gasteiger partial charge in [0.1, 0.15) is 11.5 Å². The molecule has 14 heavy (non-hydrogen) atoms. The van der Waals surface area contributed by atoms with E-state index in [-0.39, 0.29) is 5.57 Å². The molecule has 2 atom stereocenters. The molecular formula is C9H10O5. The minimum absolute atomic E-state index is 0.308. The third kappa shape index (κ3) is 1.42. The van der Waals surface area contributed by atoms with Crippen LogP contribution in [0.2, 0.25) is 0 Å². The Morgan fingerprint density at radius 1 is 1.43 bits per heavy atom. The first-order valence-corrected chi connectivity index (χ1v) is 3.94. The molecule has 0 heterocycles. The highest BCUT2D eigenvalue weighted by atomic mass is 16.4. The summed E-state index contributed by atoms with van der Waals surface area (Å²) in [7, 11) is 0. The lowest BCUT2D eigenvalue weighted by Gasteiger charge is -2.29. The zero-order chi connectivity index (χ0) is 10.9. The Balaban J connectivity index is 3.11. The molecule has 0 unspecified atom stereocenters. The van der Waals surface area contributed by atoms with Crippen molar-refractivity contribution in [1.82, 2.24) is 0 Å². The van der Waals surface area contributed by atoms with Crippen LogP contribution in [0.4, 0.5) is 0 Å². The van der Waals surface area contributed by atoms with E-state index in [2.05, 4.69) is 0 Å². The van der Waals surface area contributed by atoms with Gasteiger partial charge in [0, 0.05) is 0 Å². The number of aliphatic hydroxyl groups excluding tert-OH is 1. The maximum atomic E-state index is 10.8. The second-order valence-electron chi connectivity index (χ2n) is 3.28. The Hall–Kier alpha value is -1.62. The van der Waals surface area contributed by atoms with Gasteiger partial charge in [-0.1, -0.05) is 12.2 Å². The largest absolute Gasteiger partial charge is 0.481 e. The predicted molar refractivity (Wildman–Crippen MR) is 46.6 cm³/mol. The summed E-state index contributed by atoms with van der Waals surface area (Å²) in [6, 6.07) is 0. The number of hydrogen-bond donors (Lipinski definition) is 3. The molecule has 0 radical (unpaired) electrons. The summed E-state index contributed by atoms with van der Waals surface area (Å²) >= 11 is 0. The van der Waals surface area contributed by atoms with Gasteiger partial charge in [-0.25, -0.2) is 4.79 Å². The minimum atomic E-state index is -1.57. The highest BCUT2D eigenvalue weighted by molar-refractivity contribution is 5.91. The van der Waals surface area contributed by atoms with Crippen LogP contribution in [0, 0.1) is 5.41 Å². The third-order valence-corrected chi connectivity index (χ3v) is 2.29. The lowest BCUT2D eigenvalue weighted by Crippen LogP contribution is -2.42. The maximum absolute atomic E-state index is 10.8. The first-order valence-electron chi connectivity index (χ1n) is 3.94. The molecule has 1 rings (SSSR count). The summed E-state index contributed by atoms with van der Waals surface area (Å²) in [5.74, 6) is -2.57.